The molecule has 0 bridgehead atoms. The lowest BCUT2D eigenvalue weighted by molar-refractivity contribution is 0.0753. The first-order chi connectivity index (χ1) is 10.1. The summed E-state index contributed by atoms with van der Waals surface area (Å²) in [6.07, 6.45) is 3.20. The topological polar surface area (TPSA) is 64.2 Å². The van der Waals surface area contributed by atoms with Gasteiger partial charge in [-0.05, 0) is 19.1 Å². The van der Waals surface area contributed by atoms with E-state index in [-0.39, 0.29) is 5.91 Å². The number of thiophene rings is 1. The van der Waals surface area contributed by atoms with E-state index in [2.05, 4.69) is 11.7 Å². The van der Waals surface area contributed by atoms with E-state index in [1.54, 1.807) is 15.7 Å². The molecule has 0 atom stereocenters. The van der Waals surface area contributed by atoms with Crippen LogP contribution in [0, 0.1) is 0 Å². The van der Waals surface area contributed by atoms with Gasteiger partial charge in [0.05, 0.1) is 22.8 Å². The maximum absolute atomic E-state index is 12.7. The highest BCUT2D eigenvalue weighted by atomic mass is 35.5. The molecule has 0 aromatic carbocycles. The zero-order valence-corrected chi connectivity index (χ0v) is 13.3. The van der Waals surface area contributed by atoms with Crippen LogP contribution in [0.25, 0.3) is 0 Å². The van der Waals surface area contributed by atoms with Gasteiger partial charge in [0.1, 0.15) is 5.69 Å². The van der Waals surface area contributed by atoms with Crippen molar-refractivity contribution in [1.82, 2.24) is 14.7 Å². The van der Waals surface area contributed by atoms with Crippen LogP contribution in [0.4, 0.5) is 5.69 Å². The normalized spacial score (nSPS) is 10.6. The van der Waals surface area contributed by atoms with Crippen molar-refractivity contribution in [3.63, 3.8) is 0 Å². The molecule has 1 amide bonds. The molecule has 2 N–H and O–H groups in total. The summed E-state index contributed by atoms with van der Waals surface area (Å²) in [5.41, 5.74) is 6.68. The molecule has 2 heterocycles. The highest BCUT2D eigenvalue weighted by Crippen LogP contribution is 2.24. The van der Waals surface area contributed by atoms with E-state index < -0.39 is 0 Å². The number of carbonyl (C=O) groups excluding carboxylic acids is 1. The summed E-state index contributed by atoms with van der Waals surface area (Å²) in [7, 11) is 0. The van der Waals surface area contributed by atoms with Crippen LogP contribution >= 0.6 is 22.9 Å². The Morgan fingerprint density at radius 2 is 2.38 bits per heavy atom. The van der Waals surface area contributed by atoms with E-state index in [1.165, 1.54) is 17.5 Å². The highest BCUT2D eigenvalue weighted by Gasteiger charge is 2.22. The zero-order valence-electron chi connectivity index (χ0n) is 11.8. The summed E-state index contributed by atoms with van der Waals surface area (Å²) < 4.78 is 2.31. The summed E-state index contributed by atoms with van der Waals surface area (Å²) in [6.45, 7) is 7.11. The second-order valence-electron chi connectivity index (χ2n) is 4.44. The van der Waals surface area contributed by atoms with Crippen LogP contribution in [0.1, 0.15) is 22.3 Å². The molecule has 0 fully saturated rings. The predicted octanol–water partition coefficient (Wildman–Crippen LogP) is 3.03. The highest BCUT2D eigenvalue weighted by molar-refractivity contribution is 7.16. The van der Waals surface area contributed by atoms with Gasteiger partial charge < -0.3 is 10.6 Å². The van der Waals surface area contributed by atoms with E-state index >= 15 is 0 Å². The third-order valence-electron chi connectivity index (χ3n) is 2.98. The number of nitrogen functional groups attached to an aromatic ring is 1. The van der Waals surface area contributed by atoms with Gasteiger partial charge in [0.2, 0.25) is 0 Å². The maximum Gasteiger partial charge on any atom is 0.274 e. The second kappa shape index (κ2) is 6.78. The third-order valence-corrected chi connectivity index (χ3v) is 4.20. The predicted molar refractivity (Wildman–Crippen MR) is 86.6 cm³/mol. The fraction of sp³-hybridized carbons (Fsp3) is 0.286. The minimum Gasteiger partial charge on any atom is -0.396 e. The monoisotopic (exact) mass is 324 g/mol. The van der Waals surface area contributed by atoms with Gasteiger partial charge >= 0.3 is 0 Å². The molecule has 2 aromatic rings. The lowest BCUT2D eigenvalue weighted by atomic mass is 10.3. The lowest BCUT2D eigenvalue weighted by Gasteiger charge is -2.21. The first-order valence-electron chi connectivity index (χ1n) is 6.52. The van der Waals surface area contributed by atoms with Crippen LogP contribution in [0.2, 0.25) is 4.34 Å². The van der Waals surface area contributed by atoms with Crippen molar-refractivity contribution in [1.29, 1.82) is 0 Å². The number of aromatic nitrogens is 2. The van der Waals surface area contributed by atoms with Crippen molar-refractivity contribution in [2.24, 2.45) is 0 Å². The van der Waals surface area contributed by atoms with Crippen molar-refractivity contribution in [2.75, 3.05) is 12.3 Å². The zero-order chi connectivity index (χ0) is 15.4. The number of rotatable bonds is 6. The fourth-order valence-electron chi connectivity index (χ4n) is 2.02. The molecule has 0 saturated heterocycles. The van der Waals surface area contributed by atoms with Crippen molar-refractivity contribution < 1.29 is 4.79 Å². The lowest BCUT2D eigenvalue weighted by Crippen LogP contribution is -2.32. The van der Waals surface area contributed by atoms with E-state index in [9.17, 15) is 4.79 Å². The average molecular weight is 325 g/mol. The Morgan fingerprint density at radius 1 is 1.62 bits per heavy atom. The molecule has 0 saturated carbocycles. The Kier molecular flexibility index (Phi) is 5.03. The molecule has 5 nitrogen and oxygen atoms in total. The summed E-state index contributed by atoms with van der Waals surface area (Å²) in [4.78, 5) is 15.4. The number of halogens is 1. The molecule has 7 heteroatoms. The largest absolute Gasteiger partial charge is 0.396 e. The minimum atomic E-state index is -0.156. The number of hydrogen-bond donors (Lipinski definition) is 1. The van der Waals surface area contributed by atoms with Crippen molar-refractivity contribution in [2.45, 2.75) is 20.0 Å². The van der Waals surface area contributed by atoms with Gasteiger partial charge in [0, 0.05) is 18.0 Å². The molecule has 0 aliphatic heterocycles. The standard InChI is InChI=1S/C14H17ClN4OS/c1-3-7-18(9-10-5-6-12(15)21-10)14(20)13-11(16)8-17-19(13)4-2/h3,5-6,8H,1,4,7,9,16H2,2H3. The molecule has 0 unspecified atom stereocenters. The first-order valence-corrected chi connectivity index (χ1v) is 7.72. The number of hydrogen-bond acceptors (Lipinski definition) is 4. The Hall–Kier alpha value is -1.79. The molecule has 2 rings (SSSR count). The van der Waals surface area contributed by atoms with Crippen molar-refractivity contribution >= 4 is 34.5 Å². The molecule has 0 aliphatic rings. The van der Waals surface area contributed by atoms with Gasteiger partial charge in [-0.3, -0.25) is 9.48 Å². The van der Waals surface area contributed by atoms with Crippen molar-refractivity contribution in [3.05, 3.63) is 45.9 Å². The summed E-state index contributed by atoms with van der Waals surface area (Å²) >= 11 is 7.39. The molecule has 0 spiro atoms. The first kappa shape index (κ1) is 15.6. The second-order valence-corrected chi connectivity index (χ2v) is 6.24. The van der Waals surface area contributed by atoms with Crippen LogP contribution < -0.4 is 5.73 Å². The molecular weight excluding hydrogens is 308 g/mol. The molecule has 0 aliphatic carbocycles. The number of nitrogens with zero attached hydrogens (tertiary/aromatic N) is 3. The number of aryl methyl sites for hydroxylation is 1. The third kappa shape index (κ3) is 3.46. The number of carbonyl (C=O) groups is 1. The van der Waals surface area contributed by atoms with E-state index in [0.717, 1.165) is 4.88 Å². The molecule has 21 heavy (non-hydrogen) atoms. The van der Waals surface area contributed by atoms with Crippen LogP contribution in [0.3, 0.4) is 0 Å². The van der Waals surface area contributed by atoms with Gasteiger partial charge in [0.15, 0.2) is 0 Å². The van der Waals surface area contributed by atoms with E-state index in [4.69, 9.17) is 17.3 Å². The Balaban J connectivity index is 2.26. The summed E-state index contributed by atoms with van der Waals surface area (Å²) in [6, 6.07) is 3.74. The number of amides is 1. The average Bonchev–Trinajstić information content (AvgIpc) is 3.03. The van der Waals surface area contributed by atoms with Gasteiger partial charge in [-0.15, -0.1) is 17.9 Å². The van der Waals surface area contributed by atoms with Crippen LogP contribution in [-0.2, 0) is 13.1 Å². The van der Waals surface area contributed by atoms with Crippen LogP contribution in [-0.4, -0.2) is 27.1 Å². The Morgan fingerprint density at radius 3 is 2.95 bits per heavy atom. The quantitative estimate of drug-likeness (QED) is 0.831. The fourth-order valence-corrected chi connectivity index (χ4v) is 3.13. The Labute approximate surface area is 132 Å². The SMILES string of the molecule is C=CCN(Cc1ccc(Cl)s1)C(=O)c1c(N)cnn1CC. The molecule has 2 aromatic heterocycles. The number of anilines is 1. The minimum absolute atomic E-state index is 0.156. The van der Waals surface area contributed by atoms with E-state index in [1.807, 2.05) is 19.1 Å². The molecule has 0 radical (unpaired) electrons. The van der Waals surface area contributed by atoms with Gasteiger partial charge in [-0.1, -0.05) is 17.7 Å². The van der Waals surface area contributed by atoms with Gasteiger partial charge in [-0.25, -0.2) is 0 Å². The Bertz CT molecular complexity index is 649. The molecule has 112 valence electrons. The van der Waals surface area contributed by atoms with Gasteiger partial charge in [-0.2, -0.15) is 5.10 Å². The van der Waals surface area contributed by atoms with Crippen LogP contribution in [0.5, 0.6) is 0 Å². The number of nitrogens with two attached hydrogens (primary N) is 1. The van der Waals surface area contributed by atoms with E-state index in [0.29, 0.717) is 35.4 Å². The smallest absolute Gasteiger partial charge is 0.274 e. The van der Waals surface area contributed by atoms with Crippen LogP contribution in [0.15, 0.2) is 31.0 Å². The summed E-state index contributed by atoms with van der Waals surface area (Å²) in [5, 5.41) is 4.11. The maximum atomic E-state index is 12.7. The van der Waals surface area contributed by atoms with Gasteiger partial charge in [0.25, 0.3) is 5.91 Å². The summed E-state index contributed by atoms with van der Waals surface area (Å²) in [5.74, 6) is -0.156. The molecular formula is C14H17ClN4OS. The van der Waals surface area contributed by atoms with Crippen molar-refractivity contribution in [3.8, 4) is 0 Å².